The lowest BCUT2D eigenvalue weighted by atomic mass is 9.74. The molecule has 2 fully saturated rings. The molecular weight excluding hydrogens is 367 g/mol. The molecule has 2 aliphatic carbocycles. The molecule has 2 aromatic carbocycles. The van der Waals surface area contributed by atoms with Gasteiger partial charge in [0, 0.05) is 5.39 Å². The van der Waals surface area contributed by atoms with Crippen molar-refractivity contribution in [1.82, 2.24) is 0 Å². The van der Waals surface area contributed by atoms with Crippen molar-refractivity contribution in [3.05, 3.63) is 47.3 Å². The third-order valence-corrected chi connectivity index (χ3v) is 8.39. The van der Waals surface area contributed by atoms with E-state index < -0.39 is 0 Å². The van der Waals surface area contributed by atoms with Crippen LogP contribution in [0.25, 0.3) is 10.8 Å². The highest BCUT2D eigenvalue weighted by atomic mass is 19.1. The van der Waals surface area contributed by atoms with Crippen LogP contribution < -0.4 is 0 Å². The van der Waals surface area contributed by atoms with E-state index in [1.807, 2.05) is 6.07 Å². The van der Waals surface area contributed by atoms with Crippen LogP contribution in [0.15, 0.2) is 30.3 Å². The molecule has 0 N–H and O–H groups in total. The molecule has 0 spiro atoms. The number of hydrogen-bond donors (Lipinski definition) is 0. The zero-order valence-corrected chi connectivity index (χ0v) is 19.3. The fourth-order valence-electron chi connectivity index (χ4n) is 6.34. The predicted octanol–water partition coefficient (Wildman–Crippen LogP) is 9.20. The van der Waals surface area contributed by atoms with Crippen molar-refractivity contribution in [3.63, 3.8) is 0 Å². The van der Waals surface area contributed by atoms with Gasteiger partial charge < -0.3 is 0 Å². The van der Waals surface area contributed by atoms with Crippen molar-refractivity contribution in [1.29, 1.82) is 0 Å². The van der Waals surface area contributed by atoms with Gasteiger partial charge >= 0.3 is 0 Å². The summed E-state index contributed by atoms with van der Waals surface area (Å²) in [6, 6.07) is 10.5. The van der Waals surface area contributed by atoms with Crippen LogP contribution in [-0.4, -0.2) is 0 Å². The average Bonchev–Trinajstić information content (AvgIpc) is 2.79. The van der Waals surface area contributed by atoms with Gasteiger partial charge in [0.1, 0.15) is 5.82 Å². The molecule has 0 amide bonds. The summed E-state index contributed by atoms with van der Waals surface area (Å²) in [5.41, 5.74) is 2.26. The van der Waals surface area contributed by atoms with Crippen molar-refractivity contribution in [2.24, 2.45) is 17.8 Å². The highest BCUT2D eigenvalue weighted by molar-refractivity contribution is 5.84. The van der Waals surface area contributed by atoms with Gasteiger partial charge in [0.2, 0.25) is 0 Å². The van der Waals surface area contributed by atoms with Gasteiger partial charge in [-0.15, -0.1) is 0 Å². The minimum atomic E-state index is 0.0439. The van der Waals surface area contributed by atoms with E-state index in [9.17, 15) is 0 Å². The largest absolute Gasteiger partial charge is 0.206 e. The second kappa shape index (κ2) is 10.3. The third kappa shape index (κ3) is 5.09. The zero-order valence-electron chi connectivity index (χ0n) is 19.3. The summed E-state index contributed by atoms with van der Waals surface area (Å²) in [6.07, 6.45) is 17.5. The molecule has 4 rings (SSSR count). The minimum Gasteiger partial charge on any atom is -0.206 e. The fourth-order valence-corrected chi connectivity index (χ4v) is 6.34. The summed E-state index contributed by atoms with van der Waals surface area (Å²) in [5.74, 6) is 3.35. The lowest BCUT2D eigenvalue weighted by Crippen LogP contribution is -2.18. The minimum absolute atomic E-state index is 0.0439. The standard InChI is InChI=1S/C29H41F/c1-3-5-22-6-8-23(9-7-22)10-11-24-12-15-25(16-13-24)27-19-17-26-20-21(4-2)14-18-28(26)29(27)30/h14,17-20,22-25H,3-13,15-16H2,1-2H3. The Morgan fingerprint density at radius 3 is 1.93 bits per heavy atom. The van der Waals surface area contributed by atoms with Crippen molar-refractivity contribution in [3.8, 4) is 0 Å². The van der Waals surface area contributed by atoms with Crippen LogP contribution in [-0.2, 0) is 6.42 Å². The number of benzene rings is 2. The van der Waals surface area contributed by atoms with Crippen LogP contribution in [0.4, 0.5) is 4.39 Å². The van der Waals surface area contributed by atoms with E-state index in [2.05, 4.69) is 38.1 Å². The topological polar surface area (TPSA) is 0 Å². The maximum atomic E-state index is 15.3. The molecule has 0 unspecified atom stereocenters. The second-order valence-electron chi connectivity index (χ2n) is 10.3. The molecule has 2 aliphatic rings. The number of fused-ring (bicyclic) bond motifs is 1. The van der Waals surface area contributed by atoms with Crippen molar-refractivity contribution >= 4 is 10.8 Å². The molecule has 30 heavy (non-hydrogen) atoms. The van der Waals surface area contributed by atoms with Gasteiger partial charge in [-0.25, -0.2) is 4.39 Å². The van der Waals surface area contributed by atoms with Gasteiger partial charge in [0.05, 0.1) is 0 Å². The molecule has 0 aliphatic heterocycles. The molecule has 1 heteroatoms. The van der Waals surface area contributed by atoms with E-state index in [-0.39, 0.29) is 5.82 Å². The van der Waals surface area contributed by atoms with Gasteiger partial charge in [0.25, 0.3) is 0 Å². The van der Waals surface area contributed by atoms with Gasteiger partial charge in [-0.05, 0) is 72.3 Å². The van der Waals surface area contributed by atoms with Gasteiger partial charge in [-0.1, -0.05) is 95.5 Å². The Morgan fingerprint density at radius 1 is 0.733 bits per heavy atom. The number of hydrogen-bond acceptors (Lipinski definition) is 0. The number of rotatable bonds is 7. The Morgan fingerprint density at radius 2 is 1.33 bits per heavy atom. The van der Waals surface area contributed by atoms with Crippen LogP contribution in [0.3, 0.4) is 0 Å². The fraction of sp³-hybridized carbons (Fsp3) is 0.655. The zero-order chi connectivity index (χ0) is 20.9. The van der Waals surface area contributed by atoms with E-state index in [1.54, 1.807) is 0 Å². The molecule has 0 nitrogen and oxygen atoms in total. The summed E-state index contributed by atoms with van der Waals surface area (Å²) in [6.45, 7) is 4.48. The van der Waals surface area contributed by atoms with Gasteiger partial charge in [0.15, 0.2) is 0 Å². The van der Waals surface area contributed by atoms with Crippen LogP contribution in [0.5, 0.6) is 0 Å². The van der Waals surface area contributed by atoms with Crippen LogP contribution >= 0.6 is 0 Å². The molecule has 2 saturated carbocycles. The molecule has 164 valence electrons. The number of aryl methyl sites for hydroxylation is 1. The predicted molar refractivity (Wildman–Crippen MR) is 128 cm³/mol. The monoisotopic (exact) mass is 408 g/mol. The first-order valence-electron chi connectivity index (χ1n) is 12.9. The molecular formula is C29H41F. The first kappa shape index (κ1) is 21.8. The Kier molecular flexibility index (Phi) is 7.50. The first-order chi connectivity index (χ1) is 14.7. The third-order valence-electron chi connectivity index (χ3n) is 8.39. The molecule has 0 aromatic heterocycles. The summed E-state index contributed by atoms with van der Waals surface area (Å²) in [4.78, 5) is 0. The van der Waals surface area contributed by atoms with E-state index in [0.29, 0.717) is 5.92 Å². The van der Waals surface area contributed by atoms with E-state index >= 15 is 4.39 Å². The van der Waals surface area contributed by atoms with Crippen molar-refractivity contribution < 1.29 is 4.39 Å². The smallest absolute Gasteiger partial charge is 0.134 e. The van der Waals surface area contributed by atoms with E-state index in [0.717, 1.165) is 40.5 Å². The highest BCUT2D eigenvalue weighted by Crippen LogP contribution is 2.41. The molecule has 0 atom stereocenters. The normalized spacial score (nSPS) is 27.4. The Balaban J connectivity index is 1.28. The quantitative estimate of drug-likeness (QED) is 0.428. The lowest BCUT2D eigenvalue weighted by molar-refractivity contribution is 0.223. The van der Waals surface area contributed by atoms with Crippen LogP contribution in [0.1, 0.15) is 108 Å². The lowest BCUT2D eigenvalue weighted by Gasteiger charge is -2.32. The van der Waals surface area contributed by atoms with Crippen LogP contribution in [0.2, 0.25) is 0 Å². The summed E-state index contributed by atoms with van der Waals surface area (Å²) >= 11 is 0. The van der Waals surface area contributed by atoms with Crippen LogP contribution in [0, 0.1) is 23.6 Å². The maximum absolute atomic E-state index is 15.3. The molecule has 2 aromatic rings. The SMILES string of the molecule is CCCC1CCC(CCC2CCC(c3ccc4cc(CC)ccc4c3F)CC2)CC1. The summed E-state index contributed by atoms with van der Waals surface area (Å²) < 4.78 is 15.3. The first-order valence-corrected chi connectivity index (χ1v) is 12.9. The number of halogens is 1. The van der Waals surface area contributed by atoms with Gasteiger partial charge in [-0.3, -0.25) is 0 Å². The summed E-state index contributed by atoms with van der Waals surface area (Å²) in [7, 11) is 0. The maximum Gasteiger partial charge on any atom is 0.134 e. The van der Waals surface area contributed by atoms with E-state index in [1.165, 1.54) is 82.6 Å². The molecule has 0 saturated heterocycles. The summed E-state index contributed by atoms with van der Waals surface area (Å²) in [5, 5.41) is 1.86. The molecule has 0 heterocycles. The Hall–Kier alpha value is -1.37. The highest BCUT2D eigenvalue weighted by Gasteiger charge is 2.26. The second-order valence-corrected chi connectivity index (χ2v) is 10.3. The Bertz CT molecular complexity index is 806. The molecule has 0 radical (unpaired) electrons. The average molecular weight is 409 g/mol. The van der Waals surface area contributed by atoms with E-state index in [4.69, 9.17) is 0 Å². The Labute approximate surface area is 183 Å². The van der Waals surface area contributed by atoms with Crippen molar-refractivity contribution in [2.75, 3.05) is 0 Å². The molecule has 0 bridgehead atoms. The van der Waals surface area contributed by atoms with Gasteiger partial charge in [-0.2, -0.15) is 0 Å². The van der Waals surface area contributed by atoms with Crippen molar-refractivity contribution in [2.45, 2.75) is 103 Å².